The van der Waals surface area contributed by atoms with Crippen LogP contribution in [0, 0.1) is 0 Å². The van der Waals surface area contributed by atoms with E-state index in [1.807, 2.05) is 60.7 Å². The van der Waals surface area contributed by atoms with Gasteiger partial charge < -0.3 is 15.2 Å². The average molecular weight is 383 g/mol. The molecule has 4 rings (SSSR count). The second kappa shape index (κ2) is 8.07. The van der Waals surface area contributed by atoms with Crippen molar-refractivity contribution in [3.05, 3.63) is 108 Å². The van der Waals surface area contributed by atoms with Crippen LogP contribution in [0.1, 0.15) is 27.5 Å². The zero-order chi connectivity index (χ0) is 20.2. The fraction of sp³-hybridized carbons (Fsp3) is 0.0800. The van der Waals surface area contributed by atoms with E-state index in [4.69, 9.17) is 4.74 Å². The summed E-state index contributed by atoms with van der Waals surface area (Å²) in [4.78, 5) is 13.1. The Kier molecular flexibility index (Phi) is 5.16. The van der Waals surface area contributed by atoms with Crippen molar-refractivity contribution >= 4 is 16.7 Å². The molecule has 0 aliphatic carbocycles. The number of phenolic OH excluding ortho intramolecular Hbond substituents is 1. The molecule has 4 nitrogen and oxygen atoms in total. The van der Waals surface area contributed by atoms with Gasteiger partial charge in [-0.25, -0.2) is 0 Å². The van der Waals surface area contributed by atoms with E-state index in [2.05, 4.69) is 5.32 Å². The highest BCUT2D eigenvalue weighted by atomic mass is 16.5. The highest BCUT2D eigenvalue weighted by molar-refractivity contribution is 5.96. The monoisotopic (exact) mass is 383 g/mol. The summed E-state index contributed by atoms with van der Waals surface area (Å²) in [7, 11) is 1.57. The molecule has 0 aromatic heterocycles. The van der Waals surface area contributed by atoms with Crippen LogP contribution >= 0.6 is 0 Å². The van der Waals surface area contributed by atoms with Crippen LogP contribution in [0.15, 0.2) is 91.0 Å². The zero-order valence-corrected chi connectivity index (χ0v) is 16.0. The number of benzene rings is 4. The maximum atomic E-state index is 13.1. The standard InChI is InChI=1S/C25H21NO3/c1-29-20-12-7-11-19(16-20)25(28)26-24(18-9-3-2-4-10-18)23-21-13-6-5-8-17(21)14-15-22(23)27/h2-16,24,27H,1H3,(H,26,28)/t24-/m0/s1. The van der Waals surface area contributed by atoms with E-state index in [0.29, 0.717) is 16.9 Å². The van der Waals surface area contributed by atoms with Gasteiger partial charge in [-0.15, -0.1) is 0 Å². The fourth-order valence-electron chi connectivity index (χ4n) is 3.53. The molecular formula is C25H21NO3. The summed E-state index contributed by atoms with van der Waals surface area (Å²) in [5.74, 6) is 0.510. The van der Waals surface area contributed by atoms with Crippen molar-refractivity contribution in [2.45, 2.75) is 6.04 Å². The van der Waals surface area contributed by atoms with Crippen LogP contribution in [-0.2, 0) is 0 Å². The highest BCUT2D eigenvalue weighted by Crippen LogP contribution is 2.36. The first kappa shape index (κ1) is 18.6. The number of aromatic hydroxyl groups is 1. The molecule has 0 radical (unpaired) electrons. The van der Waals surface area contributed by atoms with Crippen molar-refractivity contribution in [1.29, 1.82) is 0 Å². The number of phenols is 1. The molecule has 4 aromatic rings. The van der Waals surface area contributed by atoms with Crippen molar-refractivity contribution in [3.63, 3.8) is 0 Å². The number of methoxy groups -OCH3 is 1. The topological polar surface area (TPSA) is 58.6 Å². The van der Waals surface area contributed by atoms with Crippen LogP contribution in [0.3, 0.4) is 0 Å². The molecular weight excluding hydrogens is 362 g/mol. The minimum atomic E-state index is -0.513. The molecule has 2 N–H and O–H groups in total. The maximum absolute atomic E-state index is 13.1. The van der Waals surface area contributed by atoms with Gasteiger partial charge in [-0.2, -0.15) is 0 Å². The number of amides is 1. The Morgan fingerprint density at radius 2 is 1.66 bits per heavy atom. The van der Waals surface area contributed by atoms with E-state index in [-0.39, 0.29) is 11.7 Å². The molecule has 0 saturated carbocycles. The number of nitrogens with one attached hydrogen (secondary N) is 1. The van der Waals surface area contributed by atoms with Crippen LogP contribution in [0.4, 0.5) is 0 Å². The predicted octanol–water partition coefficient (Wildman–Crippen LogP) is 5.07. The van der Waals surface area contributed by atoms with E-state index in [9.17, 15) is 9.90 Å². The van der Waals surface area contributed by atoms with E-state index in [1.165, 1.54) is 0 Å². The molecule has 0 aliphatic rings. The molecule has 0 fully saturated rings. The normalized spacial score (nSPS) is 11.8. The van der Waals surface area contributed by atoms with Crippen molar-refractivity contribution in [2.24, 2.45) is 0 Å². The van der Waals surface area contributed by atoms with Crippen molar-refractivity contribution in [3.8, 4) is 11.5 Å². The molecule has 0 aliphatic heterocycles. The minimum absolute atomic E-state index is 0.142. The lowest BCUT2D eigenvalue weighted by molar-refractivity contribution is 0.0942. The van der Waals surface area contributed by atoms with Gasteiger partial charge in [0.05, 0.1) is 13.2 Å². The Morgan fingerprint density at radius 3 is 2.45 bits per heavy atom. The van der Waals surface area contributed by atoms with Gasteiger partial charge in [-0.1, -0.05) is 66.7 Å². The molecule has 29 heavy (non-hydrogen) atoms. The van der Waals surface area contributed by atoms with E-state index >= 15 is 0 Å². The first-order valence-electron chi connectivity index (χ1n) is 9.38. The molecule has 0 saturated heterocycles. The summed E-state index contributed by atoms with van der Waals surface area (Å²) in [5.41, 5.74) is 2.05. The number of carbonyl (C=O) groups is 1. The molecule has 0 spiro atoms. The molecule has 1 amide bonds. The Morgan fingerprint density at radius 1 is 0.897 bits per heavy atom. The van der Waals surface area contributed by atoms with Gasteiger partial charge >= 0.3 is 0 Å². The summed E-state index contributed by atoms with van der Waals surface area (Å²) in [6.07, 6.45) is 0. The Hall–Kier alpha value is -3.79. The third kappa shape index (κ3) is 3.78. The van der Waals surface area contributed by atoms with Gasteiger partial charge in [0.15, 0.2) is 0 Å². The van der Waals surface area contributed by atoms with Crippen LogP contribution in [0.25, 0.3) is 10.8 Å². The van der Waals surface area contributed by atoms with Gasteiger partial charge in [-0.05, 0) is 40.6 Å². The molecule has 4 heteroatoms. The van der Waals surface area contributed by atoms with Crippen molar-refractivity contribution in [2.75, 3.05) is 7.11 Å². The molecule has 1 atom stereocenters. The third-order valence-corrected chi connectivity index (χ3v) is 4.98. The van der Waals surface area contributed by atoms with Crippen LogP contribution < -0.4 is 10.1 Å². The van der Waals surface area contributed by atoms with E-state index in [1.54, 1.807) is 37.4 Å². The number of ether oxygens (including phenoxy) is 1. The van der Waals surface area contributed by atoms with Gasteiger partial charge in [0.2, 0.25) is 0 Å². The summed E-state index contributed by atoms with van der Waals surface area (Å²) < 4.78 is 5.24. The van der Waals surface area contributed by atoms with Gasteiger partial charge in [0, 0.05) is 11.1 Å². The zero-order valence-electron chi connectivity index (χ0n) is 16.0. The minimum Gasteiger partial charge on any atom is -0.508 e. The Labute approximate surface area is 169 Å². The average Bonchev–Trinajstić information content (AvgIpc) is 2.78. The predicted molar refractivity (Wildman–Crippen MR) is 114 cm³/mol. The lowest BCUT2D eigenvalue weighted by atomic mass is 9.92. The summed E-state index contributed by atoms with van der Waals surface area (Å²) >= 11 is 0. The van der Waals surface area contributed by atoms with Crippen LogP contribution in [-0.4, -0.2) is 18.1 Å². The van der Waals surface area contributed by atoms with Gasteiger partial charge in [0.1, 0.15) is 11.5 Å². The van der Waals surface area contributed by atoms with E-state index < -0.39 is 6.04 Å². The number of rotatable bonds is 5. The highest BCUT2D eigenvalue weighted by Gasteiger charge is 2.23. The Bertz CT molecular complexity index is 1160. The van der Waals surface area contributed by atoms with Gasteiger partial charge in [-0.3, -0.25) is 4.79 Å². The summed E-state index contributed by atoms with van der Waals surface area (Å²) in [6.45, 7) is 0. The lowest BCUT2D eigenvalue weighted by Crippen LogP contribution is -2.29. The SMILES string of the molecule is COc1cccc(C(=O)N[C@@H](c2ccccc2)c2c(O)ccc3ccccc23)c1. The third-order valence-electron chi connectivity index (χ3n) is 4.98. The quantitative estimate of drug-likeness (QED) is 0.506. The maximum Gasteiger partial charge on any atom is 0.252 e. The van der Waals surface area contributed by atoms with Crippen LogP contribution in [0.2, 0.25) is 0 Å². The Balaban J connectivity index is 1.82. The second-order valence-electron chi connectivity index (χ2n) is 6.77. The first-order chi connectivity index (χ1) is 14.2. The number of hydrogen-bond donors (Lipinski definition) is 2. The molecule has 4 aromatic carbocycles. The smallest absolute Gasteiger partial charge is 0.252 e. The summed E-state index contributed by atoms with van der Waals surface area (Å²) in [5, 5.41) is 15.7. The summed E-state index contributed by atoms with van der Waals surface area (Å²) in [6, 6.07) is 27.5. The van der Waals surface area contributed by atoms with Crippen LogP contribution in [0.5, 0.6) is 11.5 Å². The molecule has 0 unspecified atom stereocenters. The number of fused-ring (bicyclic) bond motifs is 1. The first-order valence-corrected chi connectivity index (χ1v) is 9.38. The van der Waals surface area contributed by atoms with Crippen molar-refractivity contribution < 1.29 is 14.6 Å². The molecule has 0 heterocycles. The number of carbonyl (C=O) groups excluding carboxylic acids is 1. The van der Waals surface area contributed by atoms with Crippen molar-refractivity contribution in [1.82, 2.24) is 5.32 Å². The number of hydrogen-bond acceptors (Lipinski definition) is 3. The largest absolute Gasteiger partial charge is 0.508 e. The molecule has 0 bridgehead atoms. The fourth-order valence-corrected chi connectivity index (χ4v) is 3.53. The lowest BCUT2D eigenvalue weighted by Gasteiger charge is -2.23. The second-order valence-corrected chi connectivity index (χ2v) is 6.77. The van der Waals surface area contributed by atoms with E-state index in [0.717, 1.165) is 16.3 Å². The van der Waals surface area contributed by atoms with Gasteiger partial charge in [0.25, 0.3) is 5.91 Å². The molecule has 144 valence electrons.